The molecule has 6 nitrogen and oxygen atoms in total. The SMILES string of the molecule is CCCCCCN1C(=O)/C(=C\c2c(C)c(C#N)c(=O)n(CCC)c2N2CCCCCC2)SC1=S. The second kappa shape index (κ2) is 12.6. The molecule has 0 aromatic carbocycles. The zero-order valence-electron chi connectivity index (χ0n) is 20.7. The second-order valence-electron chi connectivity index (χ2n) is 9.10. The maximum Gasteiger partial charge on any atom is 0.270 e. The molecule has 1 amide bonds. The van der Waals surface area contributed by atoms with E-state index >= 15 is 0 Å². The summed E-state index contributed by atoms with van der Waals surface area (Å²) in [5, 5.41) is 9.80. The van der Waals surface area contributed by atoms with E-state index in [0.717, 1.165) is 69.4 Å². The summed E-state index contributed by atoms with van der Waals surface area (Å²) < 4.78 is 2.35. The lowest BCUT2D eigenvalue weighted by Crippen LogP contribution is -2.35. The molecule has 0 N–H and O–H groups in total. The number of thiocarbonyl (C=S) groups is 1. The van der Waals surface area contributed by atoms with Gasteiger partial charge in [-0.1, -0.05) is 69.9 Å². The lowest BCUT2D eigenvalue weighted by Gasteiger charge is -2.29. The number of unbranched alkanes of at least 4 members (excludes halogenated alkanes) is 3. The number of rotatable bonds is 9. The molecule has 3 rings (SSSR count). The Morgan fingerprint density at radius 2 is 1.74 bits per heavy atom. The Hall–Kier alpha value is -2.11. The monoisotopic (exact) mass is 500 g/mol. The van der Waals surface area contributed by atoms with Crippen molar-refractivity contribution in [2.24, 2.45) is 0 Å². The first-order valence-corrected chi connectivity index (χ1v) is 13.8. The Bertz CT molecular complexity index is 1050. The van der Waals surface area contributed by atoms with E-state index in [-0.39, 0.29) is 17.0 Å². The van der Waals surface area contributed by atoms with Crippen molar-refractivity contribution in [3.8, 4) is 6.07 Å². The molecule has 0 unspecified atom stereocenters. The highest BCUT2D eigenvalue weighted by Crippen LogP contribution is 2.36. The molecule has 1 aromatic rings. The number of hydrogen-bond acceptors (Lipinski definition) is 6. The maximum atomic E-state index is 13.3. The number of nitrogens with zero attached hydrogens (tertiary/aromatic N) is 4. The van der Waals surface area contributed by atoms with E-state index < -0.39 is 0 Å². The fourth-order valence-corrected chi connectivity index (χ4v) is 6.01. The number of amides is 1. The summed E-state index contributed by atoms with van der Waals surface area (Å²) in [6.45, 7) is 8.95. The van der Waals surface area contributed by atoms with Crippen LogP contribution < -0.4 is 10.5 Å². The van der Waals surface area contributed by atoms with Gasteiger partial charge in [0.15, 0.2) is 0 Å². The predicted molar refractivity (Wildman–Crippen MR) is 145 cm³/mol. The minimum absolute atomic E-state index is 0.0699. The highest BCUT2D eigenvalue weighted by Gasteiger charge is 2.33. The van der Waals surface area contributed by atoms with Crippen molar-refractivity contribution in [1.82, 2.24) is 9.47 Å². The number of carbonyl (C=O) groups is 1. The van der Waals surface area contributed by atoms with Gasteiger partial charge in [0, 0.05) is 31.7 Å². The standard InChI is InChI=1S/C26H36N4O2S2/c1-4-6-7-12-16-30-25(32)22(34-26(30)33)17-20-19(3)21(18-27)24(31)29(13-5-2)23(20)28-14-10-8-9-11-15-28/h17H,4-16H2,1-3H3/b22-17+. The van der Waals surface area contributed by atoms with Crippen LogP contribution in [0.4, 0.5) is 5.82 Å². The van der Waals surface area contributed by atoms with Gasteiger partial charge in [0.05, 0.1) is 4.91 Å². The summed E-state index contributed by atoms with van der Waals surface area (Å²) in [5.74, 6) is 0.776. The average Bonchev–Trinajstić information content (AvgIpc) is 2.99. The van der Waals surface area contributed by atoms with E-state index in [4.69, 9.17) is 12.2 Å². The van der Waals surface area contributed by atoms with Crippen molar-refractivity contribution in [2.75, 3.05) is 24.5 Å². The molecular weight excluding hydrogens is 464 g/mol. The van der Waals surface area contributed by atoms with Crippen molar-refractivity contribution < 1.29 is 4.79 Å². The molecule has 8 heteroatoms. The van der Waals surface area contributed by atoms with Gasteiger partial charge in [-0.2, -0.15) is 5.26 Å². The number of hydrogen-bond donors (Lipinski definition) is 0. The third-order valence-corrected chi connectivity index (χ3v) is 7.96. The van der Waals surface area contributed by atoms with Gasteiger partial charge in [0.25, 0.3) is 11.5 Å². The van der Waals surface area contributed by atoms with Crippen LogP contribution in [0.1, 0.15) is 88.3 Å². The van der Waals surface area contributed by atoms with Crippen molar-refractivity contribution in [1.29, 1.82) is 5.26 Å². The van der Waals surface area contributed by atoms with Crippen LogP contribution in [0.2, 0.25) is 0 Å². The molecule has 184 valence electrons. The molecule has 3 heterocycles. The smallest absolute Gasteiger partial charge is 0.270 e. The molecule has 0 aliphatic carbocycles. The molecule has 0 bridgehead atoms. The largest absolute Gasteiger partial charge is 0.357 e. The molecule has 34 heavy (non-hydrogen) atoms. The Morgan fingerprint density at radius 3 is 2.35 bits per heavy atom. The van der Waals surface area contributed by atoms with Gasteiger partial charge in [-0.25, -0.2) is 0 Å². The van der Waals surface area contributed by atoms with Crippen LogP contribution in [0.3, 0.4) is 0 Å². The minimum Gasteiger partial charge on any atom is -0.357 e. The quantitative estimate of drug-likeness (QED) is 0.250. The number of pyridine rings is 1. The Balaban J connectivity index is 2.09. The van der Waals surface area contributed by atoms with Crippen molar-refractivity contribution in [3.05, 3.63) is 31.9 Å². The number of aromatic nitrogens is 1. The zero-order valence-corrected chi connectivity index (χ0v) is 22.3. The maximum absolute atomic E-state index is 13.3. The Kier molecular flexibility index (Phi) is 9.78. The normalized spacial score (nSPS) is 18.0. The van der Waals surface area contributed by atoms with E-state index in [9.17, 15) is 14.9 Å². The highest BCUT2D eigenvalue weighted by atomic mass is 32.2. The predicted octanol–water partition coefficient (Wildman–Crippen LogP) is 5.60. The van der Waals surface area contributed by atoms with Crippen LogP contribution in [0.5, 0.6) is 0 Å². The molecule has 0 spiro atoms. The lowest BCUT2D eigenvalue weighted by atomic mass is 10.0. The van der Waals surface area contributed by atoms with Gasteiger partial charge in [-0.3, -0.25) is 19.1 Å². The topological polar surface area (TPSA) is 69.3 Å². The van der Waals surface area contributed by atoms with E-state index in [1.165, 1.54) is 24.6 Å². The Labute approximate surface area is 213 Å². The van der Waals surface area contributed by atoms with E-state index in [0.29, 0.717) is 27.9 Å². The third-order valence-electron chi connectivity index (χ3n) is 6.58. The summed E-state index contributed by atoms with van der Waals surface area (Å²) in [4.78, 5) is 31.1. The van der Waals surface area contributed by atoms with Gasteiger partial charge >= 0.3 is 0 Å². The lowest BCUT2D eigenvalue weighted by molar-refractivity contribution is -0.122. The molecule has 0 atom stereocenters. The van der Waals surface area contributed by atoms with E-state index in [1.54, 1.807) is 9.47 Å². The first-order valence-electron chi connectivity index (χ1n) is 12.6. The first kappa shape index (κ1) is 26.5. The first-order chi connectivity index (χ1) is 16.4. The van der Waals surface area contributed by atoms with Crippen LogP contribution in [-0.2, 0) is 11.3 Å². The summed E-state index contributed by atoms with van der Waals surface area (Å²) in [7, 11) is 0. The molecule has 2 aliphatic heterocycles. The van der Waals surface area contributed by atoms with Crippen LogP contribution in [0.25, 0.3) is 6.08 Å². The van der Waals surface area contributed by atoms with Crippen LogP contribution in [0, 0.1) is 18.3 Å². The van der Waals surface area contributed by atoms with Gasteiger partial charge < -0.3 is 4.90 Å². The summed E-state index contributed by atoms with van der Waals surface area (Å²) in [6.07, 6.45) is 11.5. The molecule has 1 aromatic heterocycles. The number of thioether (sulfide) groups is 1. The van der Waals surface area contributed by atoms with Crippen molar-refractivity contribution in [3.63, 3.8) is 0 Å². The summed E-state index contributed by atoms with van der Waals surface area (Å²) >= 11 is 6.87. The second-order valence-corrected chi connectivity index (χ2v) is 10.8. The third kappa shape index (κ3) is 5.75. The molecule has 0 saturated carbocycles. The van der Waals surface area contributed by atoms with Crippen LogP contribution in [0.15, 0.2) is 9.70 Å². The molecular formula is C26H36N4O2S2. The number of anilines is 1. The molecule has 0 radical (unpaired) electrons. The summed E-state index contributed by atoms with van der Waals surface area (Å²) in [6, 6.07) is 2.13. The number of carbonyl (C=O) groups excluding carboxylic acids is 1. The van der Waals surface area contributed by atoms with Gasteiger partial charge in [-0.15, -0.1) is 0 Å². The van der Waals surface area contributed by atoms with Gasteiger partial charge in [0.1, 0.15) is 21.8 Å². The van der Waals surface area contributed by atoms with Crippen molar-refractivity contribution in [2.45, 2.75) is 85.1 Å². The minimum atomic E-state index is -0.235. The van der Waals surface area contributed by atoms with Gasteiger partial charge in [-0.05, 0) is 44.2 Å². The van der Waals surface area contributed by atoms with E-state index in [2.05, 4.69) is 17.9 Å². The van der Waals surface area contributed by atoms with E-state index in [1.807, 2.05) is 19.9 Å². The zero-order chi connectivity index (χ0) is 24.7. The van der Waals surface area contributed by atoms with Crippen LogP contribution >= 0.6 is 24.0 Å². The van der Waals surface area contributed by atoms with Crippen LogP contribution in [-0.4, -0.2) is 39.3 Å². The fraction of sp³-hybridized carbons (Fsp3) is 0.615. The Morgan fingerprint density at radius 1 is 1.03 bits per heavy atom. The van der Waals surface area contributed by atoms with Gasteiger partial charge in [0.2, 0.25) is 0 Å². The molecule has 2 aliphatic rings. The van der Waals surface area contributed by atoms with Crippen molar-refractivity contribution >= 4 is 46.1 Å². The molecule has 2 fully saturated rings. The highest BCUT2D eigenvalue weighted by molar-refractivity contribution is 8.26. The number of nitriles is 1. The fourth-order valence-electron chi connectivity index (χ4n) is 4.72. The molecule has 2 saturated heterocycles. The summed E-state index contributed by atoms with van der Waals surface area (Å²) in [5.41, 5.74) is 1.38. The average molecular weight is 501 g/mol.